The second-order valence-corrected chi connectivity index (χ2v) is 7.90. The van der Waals surface area contributed by atoms with Crippen molar-refractivity contribution in [3.05, 3.63) is 29.8 Å². The Hall–Kier alpha value is -2.49. The zero-order chi connectivity index (χ0) is 25.4. The van der Waals surface area contributed by atoms with Crippen molar-refractivity contribution < 1.29 is 42.1 Å². The summed E-state index contributed by atoms with van der Waals surface area (Å²) in [5.74, 6) is -0.455. The molecule has 0 saturated carbocycles. The molecule has 34 heavy (non-hydrogen) atoms. The van der Waals surface area contributed by atoms with Crippen LogP contribution in [-0.2, 0) is 20.7 Å². The van der Waals surface area contributed by atoms with E-state index in [-0.39, 0.29) is 19.6 Å². The van der Waals surface area contributed by atoms with Crippen LogP contribution in [0.25, 0.3) is 0 Å². The molecule has 1 atom stereocenters. The van der Waals surface area contributed by atoms with Crippen LogP contribution in [0.1, 0.15) is 57.9 Å². The summed E-state index contributed by atoms with van der Waals surface area (Å²) in [6, 6.07) is 6.93. The van der Waals surface area contributed by atoms with Crippen LogP contribution in [0.2, 0.25) is 0 Å². The Morgan fingerprint density at radius 2 is 1.65 bits per heavy atom. The highest BCUT2D eigenvalue weighted by Gasteiger charge is 2.30. The lowest BCUT2D eigenvalue weighted by Gasteiger charge is -2.22. The van der Waals surface area contributed by atoms with Crippen LogP contribution < -0.4 is 4.74 Å². The number of halogens is 3. The van der Waals surface area contributed by atoms with Crippen LogP contribution in [0, 0.1) is 0 Å². The molecule has 0 aromatic heterocycles. The lowest BCUT2D eigenvalue weighted by atomic mass is 10.1. The number of alkyl halides is 3. The molecule has 0 radical (unpaired) electrons. The van der Waals surface area contributed by atoms with Gasteiger partial charge in [0.15, 0.2) is 12.7 Å². The number of ether oxygens (including phenoxy) is 3. The third-order valence-corrected chi connectivity index (χ3v) is 4.98. The minimum Gasteiger partial charge on any atom is -0.494 e. The summed E-state index contributed by atoms with van der Waals surface area (Å²) in [4.78, 5) is 24.6. The Labute approximate surface area is 199 Å². The zero-order valence-corrected chi connectivity index (χ0v) is 19.9. The molecule has 1 unspecified atom stereocenters. The first-order valence-corrected chi connectivity index (χ1v) is 11.7. The van der Waals surface area contributed by atoms with Gasteiger partial charge >= 0.3 is 18.2 Å². The standard InChI is InChI=1S/C24H36F3NO6/c1-3-5-6-7-8-14-28(23(31)34-18-24(25,26)27)15-9-16-33-20-12-10-19(11-13-20)17-21(22(29)30)32-4-2/h10-13,21H,3-9,14-18H2,1-2H3,(H,29,30). The molecule has 0 saturated heterocycles. The molecule has 194 valence electrons. The first-order chi connectivity index (χ1) is 16.2. The van der Waals surface area contributed by atoms with Crippen LogP contribution in [0.3, 0.4) is 0 Å². The number of amides is 1. The number of carboxylic acid groups (broad SMARTS) is 1. The van der Waals surface area contributed by atoms with Gasteiger partial charge < -0.3 is 24.2 Å². The maximum absolute atomic E-state index is 12.4. The number of unbranched alkanes of at least 4 members (excludes halogenated alkanes) is 4. The molecule has 0 spiro atoms. The van der Waals surface area contributed by atoms with Gasteiger partial charge in [0.1, 0.15) is 5.75 Å². The third-order valence-electron chi connectivity index (χ3n) is 4.98. The van der Waals surface area contributed by atoms with Gasteiger partial charge in [-0.15, -0.1) is 0 Å². The Morgan fingerprint density at radius 1 is 1.00 bits per heavy atom. The summed E-state index contributed by atoms with van der Waals surface area (Å²) in [5, 5.41) is 9.17. The molecular weight excluding hydrogens is 455 g/mol. The minimum atomic E-state index is -4.56. The molecule has 0 aliphatic carbocycles. The van der Waals surface area contributed by atoms with Crippen LogP contribution >= 0.6 is 0 Å². The lowest BCUT2D eigenvalue weighted by Crippen LogP contribution is -2.36. The van der Waals surface area contributed by atoms with E-state index in [0.717, 1.165) is 31.2 Å². The first kappa shape index (κ1) is 29.5. The number of aliphatic carboxylic acids is 1. The van der Waals surface area contributed by atoms with Crippen molar-refractivity contribution in [2.75, 3.05) is 32.9 Å². The van der Waals surface area contributed by atoms with Crippen LogP contribution in [0.4, 0.5) is 18.0 Å². The summed E-state index contributed by atoms with van der Waals surface area (Å²) in [7, 11) is 0. The smallest absolute Gasteiger partial charge is 0.422 e. The van der Waals surface area contributed by atoms with E-state index in [4.69, 9.17) is 9.47 Å². The van der Waals surface area contributed by atoms with Crippen LogP contribution in [0.15, 0.2) is 24.3 Å². The molecular formula is C24H36F3NO6. The second-order valence-electron chi connectivity index (χ2n) is 7.90. The Kier molecular flexibility index (Phi) is 14.1. The highest BCUT2D eigenvalue weighted by Crippen LogP contribution is 2.17. The molecule has 0 bridgehead atoms. The van der Waals surface area contributed by atoms with Gasteiger partial charge in [0.25, 0.3) is 0 Å². The molecule has 1 rings (SSSR count). The van der Waals surface area contributed by atoms with E-state index >= 15 is 0 Å². The van der Waals surface area contributed by atoms with Crippen molar-refractivity contribution in [1.29, 1.82) is 0 Å². The zero-order valence-electron chi connectivity index (χ0n) is 19.9. The van der Waals surface area contributed by atoms with Gasteiger partial charge in [-0.05, 0) is 37.5 Å². The van der Waals surface area contributed by atoms with Crippen molar-refractivity contribution >= 4 is 12.1 Å². The number of hydrogen-bond acceptors (Lipinski definition) is 5. The summed E-state index contributed by atoms with van der Waals surface area (Å²) in [6.07, 6.45) is -1.05. The number of hydrogen-bond donors (Lipinski definition) is 1. The minimum absolute atomic E-state index is 0.219. The van der Waals surface area contributed by atoms with Crippen LogP contribution in [0.5, 0.6) is 5.75 Å². The Balaban J connectivity index is 2.50. The number of carboxylic acids is 1. The molecule has 0 aliphatic rings. The molecule has 1 aromatic rings. The van der Waals surface area contributed by atoms with Crippen LogP contribution in [-0.4, -0.2) is 67.3 Å². The molecule has 1 N–H and O–H groups in total. The molecule has 7 nitrogen and oxygen atoms in total. The molecule has 0 aliphatic heterocycles. The highest BCUT2D eigenvalue weighted by atomic mass is 19.4. The summed E-state index contributed by atoms with van der Waals surface area (Å²) in [6.45, 7) is 3.33. The first-order valence-electron chi connectivity index (χ1n) is 11.7. The fraction of sp³-hybridized carbons (Fsp3) is 0.667. The second kappa shape index (κ2) is 16.2. The van der Waals surface area contributed by atoms with Crippen molar-refractivity contribution in [3.8, 4) is 5.75 Å². The van der Waals surface area contributed by atoms with E-state index in [1.54, 1.807) is 31.2 Å². The monoisotopic (exact) mass is 491 g/mol. The number of benzene rings is 1. The highest BCUT2D eigenvalue weighted by molar-refractivity contribution is 5.72. The van der Waals surface area contributed by atoms with E-state index in [2.05, 4.69) is 11.7 Å². The number of nitrogens with zero attached hydrogens (tertiary/aromatic N) is 1. The van der Waals surface area contributed by atoms with Crippen molar-refractivity contribution in [1.82, 2.24) is 4.90 Å². The summed E-state index contributed by atoms with van der Waals surface area (Å²) >= 11 is 0. The van der Waals surface area contributed by atoms with Gasteiger partial charge in [-0.25, -0.2) is 9.59 Å². The topological polar surface area (TPSA) is 85.3 Å². The SMILES string of the molecule is CCCCCCCN(CCCOc1ccc(CC(OCC)C(=O)O)cc1)C(=O)OCC(F)(F)F. The van der Waals surface area contributed by atoms with E-state index in [9.17, 15) is 27.9 Å². The van der Waals surface area contributed by atoms with Gasteiger partial charge in [0, 0.05) is 26.1 Å². The van der Waals surface area contributed by atoms with Gasteiger partial charge in [-0.3, -0.25) is 0 Å². The van der Waals surface area contributed by atoms with Gasteiger partial charge in [-0.1, -0.05) is 44.7 Å². The summed E-state index contributed by atoms with van der Waals surface area (Å²) < 4.78 is 52.4. The van der Waals surface area contributed by atoms with Gasteiger partial charge in [0.2, 0.25) is 0 Å². The average molecular weight is 492 g/mol. The fourth-order valence-corrected chi connectivity index (χ4v) is 3.24. The molecule has 0 heterocycles. The van der Waals surface area contributed by atoms with E-state index in [1.807, 2.05) is 0 Å². The molecule has 0 fully saturated rings. The summed E-state index contributed by atoms with van der Waals surface area (Å²) in [5.41, 5.74) is 0.787. The lowest BCUT2D eigenvalue weighted by molar-refractivity contribution is -0.162. The Bertz CT molecular complexity index is 712. The number of carbonyl (C=O) groups is 2. The van der Waals surface area contributed by atoms with E-state index in [1.165, 1.54) is 4.90 Å². The molecule has 10 heteroatoms. The largest absolute Gasteiger partial charge is 0.494 e. The Morgan fingerprint density at radius 3 is 2.24 bits per heavy atom. The maximum Gasteiger partial charge on any atom is 0.422 e. The van der Waals surface area contributed by atoms with Crippen molar-refractivity contribution in [2.45, 2.75) is 71.1 Å². The normalized spacial score (nSPS) is 12.3. The third kappa shape index (κ3) is 13.3. The van der Waals surface area contributed by atoms with E-state index in [0.29, 0.717) is 31.7 Å². The average Bonchev–Trinajstić information content (AvgIpc) is 2.78. The quantitative estimate of drug-likeness (QED) is 0.291. The van der Waals surface area contributed by atoms with Gasteiger partial charge in [-0.2, -0.15) is 13.2 Å². The number of carbonyl (C=O) groups excluding carboxylic acids is 1. The van der Waals surface area contributed by atoms with Crippen molar-refractivity contribution in [3.63, 3.8) is 0 Å². The molecule has 1 amide bonds. The maximum atomic E-state index is 12.4. The number of rotatable bonds is 17. The van der Waals surface area contributed by atoms with Gasteiger partial charge in [0.05, 0.1) is 6.61 Å². The fourth-order valence-electron chi connectivity index (χ4n) is 3.24. The van der Waals surface area contributed by atoms with E-state index < -0.39 is 30.9 Å². The predicted octanol–water partition coefficient (Wildman–Crippen LogP) is 5.46. The molecule has 1 aromatic carbocycles. The predicted molar refractivity (Wildman–Crippen MR) is 121 cm³/mol. The van der Waals surface area contributed by atoms with Crippen molar-refractivity contribution in [2.24, 2.45) is 0 Å².